The molecule has 0 saturated carbocycles. The fourth-order valence-corrected chi connectivity index (χ4v) is 12.1. The third-order valence-electron chi connectivity index (χ3n) is 17.2. The van der Waals surface area contributed by atoms with Crippen molar-refractivity contribution in [2.45, 2.75) is 348 Å². The van der Waals surface area contributed by atoms with E-state index in [1.165, 1.54) is 0 Å². The number of hydrogen-bond acceptors (Lipinski definition) is 15. The maximum Gasteiger partial charge on any atom is 0.338 e. The Balaban J connectivity index is 0.000000804. The van der Waals surface area contributed by atoms with E-state index < -0.39 is 11.6 Å². The van der Waals surface area contributed by atoms with Gasteiger partial charge in [0.1, 0.15) is 17.2 Å². The molecule has 0 aliphatic heterocycles. The van der Waals surface area contributed by atoms with Crippen molar-refractivity contribution in [2.75, 3.05) is 16.0 Å². The zero-order chi connectivity index (χ0) is 101. The van der Waals surface area contributed by atoms with Crippen LogP contribution in [0.5, 0.6) is 0 Å². The number of benzene rings is 6. The first kappa shape index (κ1) is 118. The Morgan fingerprint density at radius 2 is 0.405 bits per heavy atom. The fraction of sp³-hybridized carbons (Fsp3) is 0.541. The minimum Gasteiger partial charge on any atom is -0.456 e. The molecule has 0 unspecified atom stereocenters. The first-order chi connectivity index (χ1) is 59.1. The molecule has 6 rings (SSSR count). The molecule has 6 aromatic rings. The van der Waals surface area contributed by atoms with Crippen molar-refractivity contribution in [1.82, 2.24) is 21.3 Å². The predicted molar refractivity (Wildman–Crippen MR) is 533 cm³/mol. The number of esters is 1. The number of hydrogen-bond donors (Lipinski definition) is 7. The lowest BCUT2D eigenvalue weighted by Gasteiger charge is -2.21. The highest BCUT2D eigenvalue weighted by Crippen LogP contribution is 2.30. The van der Waals surface area contributed by atoms with Crippen LogP contribution < -0.4 is 37.2 Å². The zero-order valence-electron chi connectivity index (χ0n) is 86.3. The molecule has 22 heteroatoms. The van der Waals surface area contributed by atoms with Crippen molar-refractivity contribution in [3.8, 4) is 0 Å². The van der Waals surface area contributed by atoms with Crippen molar-refractivity contribution >= 4 is 99.1 Å². The van der Waals surface area contributed by atoms with E-state index in [1.807, 2.05) is 187 Å². The van der Waals surface area contributed by atoms with Gasteiger partial charge in [-0.15, -0.1) is 0 Å². The average molecular weight is 1810 g/mol. The quantitative estimate of drug-likeness (QED) is 0.0207. The maximum absolute atomic E-state index is 12.5. The molecule has 0 bridgehead atoms. The van der Waals surface area contributed by atoms with Gasteiger partial charge in [-0.25, -0.2) is 4.79 Å². The highest BCUT2D eigenvalue weighted by Gasteiger charge is 2.28. The first-order valence-corrected chi connectivity index (χ1v) is 45.3. The number of rotatable bonds is 25. The normalized spacial score (nSPS) is 12.0. The molecule has 0 heterocycles. The molecule has 0 fully saturated rings. The van der Waals surface area contributed by atoms with Crippen LogP contribution in [0.25, 0.3) is 0 Å². The molecule has 7 N–H and O–H groups in total. The minimum atomic E-state index is -0.576. The largest absolute Gasteiger partial charge is 0.456 e. The Hall–Kier alpha value is -10.9. The lowest BCUT2D eigenvalue weighted by Crippen LogP contribution is -2.40. The molecule has 0 aliphatic rings. The highest BCUT2D eigenvalue weighted by atomic mass is 16.6. The molecule has 0 atom stereocenters. The summed E-state index contributed by atoms with van der Waals surface area (Å²) in [4.78, 5) is 168. The summed E-state index contributed by atoms with van der Waals surface area (Å²) in [6.45, 7) is 71.5. The number of carbonyl (C=O) groups is 14. The number of ether oxygens (including phenoxy) is 1. The molecule has 22 nitrogen and oxygen atoms in total. The van der Waals surface area contributed by atoms with Crippen LogP contribution in [0.1, 0.15) is 413 Å². The second-order valence-electron chi connectivity index (χ2n) is 47.4. The predicted octanol–water partition coefficient (Wildman–Crippen LogP) is 24.5. The van der Waals surface area contributed by atoms with Crippen LogP contribution in [0, 0.1) is 37.9 Å². The minimum absolute atomic E-state index is 0.0115. The number of anilines is 3. The van der Waals surface area contributed by atoms with Crippen LogP contribution in [0.4, 0.5) is 17.1 Å². The second-order valence-corrected chi connectivity index (χ2v) is 47.4. The van der Waals surface area contributed by atoms with Gasteiger partial charge < -0.3 is 42.0 Å². The van der Waals surface area contributed by atoms with Crippen LogP contribution in [0.15, 0.2) is 146 Å². The first-order valence-electron chi connectivity index (χ1n) is 45.3. The Morgan fingerprint density at radius 1 is 0.206 bits per heavy atom. The van der Waals surface area contributed by atoms with Gasteiger partial charge in [0.25, 0.3) is 23.6 Å². The molecule has 0 aromatic heterocycles. The summed E-state index contributed by atoms with van der Waals surface area (Å²) in [6, 6.07) is 40.3. The SMILES string of the molecule is CC(C)(C)CC(=O)CC(C)(C)C.CC(C)(C)CC(=O)CCC(=O)NC(C)(C)C.CC(C)(C)CC(=O)c1ccc(C(=O)NC(C)(C)C)cc1.CC(C)(C)CC(=O)c1ccc(NC(=O)CCC(=O)NC(C)(C)C)cc1.CC(C)(C)CC(=O)c1ccc(NC(=O)c2ccc(C(=O)NC(C)(C)C)cc2)cc1.CC(C)(C)CC(=O)c1ccc(NC(=O)c2ccc(C(=O)OC(C)(C)C)cc2)cc1. The van der Waals surface area contributed by atoms with Gasteiger partial charge in [0.15, 0.2) is 23.1 Å². The number of amides is 7. The van der Waals surface area contributed by atoms with Crippen LogP contribution >= 0.6 is 0 Å². The second kappa shape index (κ2) is 50.1. The van der Waals surface area contributed by atoms with E-state index in [0.717, 1.165) is 0 Å². The molecule has 131 heavy (non-hydrogen) atoms. The van der Waals surface area contributed by atoms with Crippen molar-refractivity contribution in [3.63, 3.8) is 0 Å². The van der Waals surface area contributed by atoms with Gasteiger partial charge in [-0.3, -0.25) is 62.3 Å². The lowest BCUT2D eigenvalue weighted by atomic mass is 9.83. The third kappa shape index (κ3) is 58.5. The van der Waals surface area contributed by atoms with Crippen molar-refractivity contribution in [2.24, 2.45) is 37.9 Å². The molecule has 0 radical (unpaired) electrons. The van der Waals surface area contributed by atoms with Crippen LogP contribution in [-0.2, 0) is 28.7 Å². The van der Waals surface area contributed by atoms with Crippen molar-refractivity contribution in [1.29, 1.82) is 0 Å². The van der Waals surface area contributed by atoms with E-state index in [9.17, 15) is 67.1 Å². The summed E-state index contributed by atoms with van der Waals surface area (Å²) in [5.41, 5.74) is 5.08. The van der Waals surface area contributed by atoms with E-state index in [0.29, 0.717) is 131 Å². The van der Waals surface area contributed by atoms with Gasteiger partial charge in [0, 0.05) is 154 Å². The summed E-state index contributed by atoms with van der Waals surface area (Å²) in [7, 11) is 0. The third-order valence-corrected chi connectivity index (χ3v) is 17.2. The number of carbonyl (C=O) groups excluding carboxylic acids is 14. The summed E-state index contributed by atoms with van der Waals surface area (Å²) >= 11 is 0. The molecule has 0 spiro atoms. The monoisotopic (exact) mass is 1810 g/mol. The summed E-state index contributed by atoms with van der Waals surface area (Å²) in [5.74, 6) is -0.814. The molecule has 0 saturated heterocycles. The van der Waals surface area contributed by atoms with Crippen LogP contribution in [-0.4, -0.2) is 110 Å². The van der Waals surface area contributed by atoms with Crippen LogP contribution in [0.2, 0.25) is 0 Å². The van der Waals surface area contributed by atoms with Crippen LogP contribution in [0.3, 0.4) is 0 Å². The number of nitrogens with one attached hydrogen (secondary N) is 7. The molecular formula is C109H161N7O15. The van der Waals surface area contributed by atoms with Crippen molar-refractivity contribution in [3.05, 3.63) is 196 Å². The lowest BCUT2D eigenvalue weighted by molar-refractivity contribution is -0.127. The maximum atomic E-state index is 12.5. The van der Waals surface area contributed by atoms with Gasteiger partial charge in [-0.1, -0.05) is 158 Å². The van der Waals surface area contributed by atoms with Gasteiger partial charge in [-0.05, 0) is 275 Å². The van der Waals surface area contributed by atoms with Gasteiger partial charge in [0.05, 0.1) is 5.56 Å². The van der Waals surface area contributed by atoms with Crippen molar-refractivity contribution < 1.29 is 71.9 Å². The summed E-state index contributed by atoms with van der Waals surface area (Å²) in [6.07, 6.45) is 4.74. The molecule has 6 aromatic carbocycles. The highest BCUT2D eigenvalue weighted by molar-refractivity contribution is 6.07. The Labute approximate surface area is 785 Å². The van der Waals surface area contributed by atoms with Gasteiger partial charge >= 0.3 is 5.97 Å². The molecular weight excluding hydrogens is 1650 g/mol. The topological polar surface area (TPSA) is 332 Å². The molecule has 722 valence electrons. The average Bonchev–Trinajstić information content (AvgIpc) is 0.859. The van der Waals surface area contributed by atoms with E-state index in [1.54, 1.807) is 166 Å². The van der Waals surface area contributed by atoms with E-state index in [2.05, 4.69) is 78.8 Å². The molecule has 7 amide bonds. The van der Waals surface area contributed by atoms with E-state index in [4.69, 9.17) is 4.74 Å². The smallest absolute Gasteiger partial charge is 0.338 e. The van der Waals surface area contributed by atoms with Gasteiger partial charge in [0.2, 0.25) is 17.7 Å². The number of Topliss-reactive ketones (excluding diaryl/α,β-unsaturated/α-hetero) is 6. The number of ketones is 6. The Kier molecular flexibility index (Phi) is 45.2. The fourth-order valence-electron chi connectivity index (χ4n) is 12.1. The Morgan fingerprint density at radius 3 is 0.641 bits per heavy atom. The van der Waals surface area contributed by atoms with E-state index in [-0.39, 0.29) is 143 Å². The zero-order valence-corrected chi connectivity index (χ0v) is 86.3. The Bertz CT molecular complexity index is 4530. The standard InChI is InChI=1S/C24H30N2O3.C24H29NO4.C20H30N2O3.C17H25NO2.C13H25NO2.C11H22O/c1-23(2,3)15-20(27)16-11-13-19(14-12-16)25-21(28)17-7-9-18(10-8-17)22(29)26-24(4,5)6;1-23(2,3)15-20(26)16-11-13-19(14-12-16)25-21(27)17-7-9-18(10-8-17)22(28)29-24(4,5)6;1-19(2,3)13-16(23)14-7-9-15(10-8-14)21-17(24)11-12-18(25)22-20(4,5)6;1-16(2,3)11-14(19)12-7-9-13(10-8-12)15(20)18-17(4,5)6;1-12(2,3)9-10(15)7-8-11(16)14-13(4,5)6;1-10(2,3)7-9(12)8-11(4,5)6/h7-14H,15H2,1-6H3,(H,25,28)(H,26,29);7-14H,15H2,1-6H3,(H,25,27);7-10H,11-13H2,1-6H3,(H,21,24)(H,22,25);7-10H,11H2,1-6H3,(H,18,20);7-9H2,1-6H3,(H,14,16);7-8H2,1-6H3. The van der Waals surface area contributed by atoms with Gasteiger partial charge in [-0.2, -0.15) is 0 Å². The molecule has 0 aliphatic carbocycles. The summed E-state index contributed by atoms with van der Waals surface area (Å²) < 4.78 is 5.31. The summed E-state index contributed by atoms with van der Waals surface area (Å²) in [5, 5.41) is 19.8. The van der Waals surface area contributed by atoms with E-state index >= 15 is 0 Å².